The number of aromatic nitrogens is 1. The highest BCUT2D eigenvalue weighted by molar-refractivity contribution is 8.00. The number of thiazole rings is 1. The molecule has 2 N–H and O–H groups in total. The van der Waals surface area contributed by atoms with Crippen LogP contribution < -0.4 is 14.9 Å². The molecule has 3 aliphatic heterocycles. The number of amides is 3. The van der Waals surface area contributed by atoms with Gasteiger partial charge in [0, 0.05) is 23.9 Å². The van der Waals surface area contributed by atoms with Crippen LogP contribution in [0.3, 0.4) is 0 Å². The van der Waals surface area contributed by atoms with Gasteiger partial charge in [-0.2, -0.15) is 0 Å². The molecule has 11 heteroatoms. The number of piperidine rings is 1. The van der Waals surface area contributed by atoms with Crippen LogP contribution in [0, 0.1) is 5.92 Å². The molecule has 3 atom stereocenters. The normalized spacial score (nSPS) is 24.3. The first-order valence-corrected chi connectivity index (χ1v) is 12.5. The predicted octanol–water partition coefficient (Wildman–Crippen LogP) is 1.52. The lowest BCUT2D eigenvalue weighted by atomic mass is 9.83. The van der Waals surface area contributed by atoms with E-state index in [2.05, 4.69) is 5.32 Å². The zero-order chi connectivity index (χ0) is 23.3. The standard InChI is InChI=1S/C22H23N3O6S2/c1-31-13-9-11(5-6-12(13)26)15-16-17(20(29)23-19(16)28)32-21-18(15)33-22(30)25(21)10-14(27)24-7-3-2-4-8-24/h5-6,9,15-17,26H,2-4,7-8,10H2,1H3,(H,23,28,29)/t15-,16?,17?/m0/s1. The first-order chi connectivity index (χ1) is 15.9. The van der Waals surface area contributed by atoms with Crippen molar-refractivity contribution in [2.24, 2.45) is 5.92 Å². The number of likely N-dealkylation sites (tertiary alicyclic amines) is 1. The number of nitrogens with one attached hydrogen (secondary N) is 1. The van der Waals surface area contributed by atoms with Crippen molar-refractivity contribution >= 4 is 40.8 Å². The molecule has 3 aliphatic rings. The number of hydrogen-bond donors (Lipinski definition) is 2. The van der Waals surface area contributed by atoms with Crippen LogP contribution in [0.2, 0.25) is 0 Å². The quantitative estimate of drug-likeness (QED) is 0.625. The highest BCUT2D eigenvalue weighted by atomic mass is 32.2. The van der Waals surface area contributed by atoms with E-state index in [4.69, 9.17) is 4.74 Å². The van der Waals surface area contributed by atoms with E-state index in [-0.39, 0.29) is 28.8 Å². The van der Waals surface area contributed by atoms with Crippen LogP contribution in [0.25, 0.3) is 0 Å². The lowest BCUT2D eigenvalue weighted by molar-refractivity contribution is -0.133. The maximum absolute atomic E-state index is 13.0. The summed E-state index contributed by atoms with van der Waals surface area (Å²) < 4.78 is 6.68. The zero-order valence-electron chi connectivity index (χ0n) is 17.9. The molecular formula is C22H23N3O6S2. The van der Waals surface area contributed by atoms with Crippen molar-refractivity contribution in [2.45, 2.75) is 42.0 Å². The number of phenolic OH excluding ortho intramolecular Hbond substituents is 1. The number of fused-ring (bicyclic) bond motifs is 2. The third kappa shape index (κ3) is 3.72. The van der Waals surface area contributed by atoms with Gasteiger partial charge in [-0.25, -0.2) is 0 Å². The van der Waals surface area contributed by atoms with Gasteiger partial charge in [-0.3, -0.25) is 29.1 Å². The minimum Gasteiger partial charge on any atom is -0.504 e. The second-order valence-electron chi connectivity index (χ2n) is 8.39. The lowest BCUT2D eigenvalue weighted by Gasteiger charge is -2.31. The summed E-state index contributed by atoms with van der Waals surface area (Å²) in [6, 6.07) is 4.77. The van der Waals surface area contributed by atoms with Crippen LogP contribution in [0.15, 0.2) is 28.0 Å². The van der Waals surface area contributed by atoms with E-state index in [0.29, 0.717) is 28.6 Å². The number of imide groups is 1. The Morgan fingerprint density at radius 1 is 1.18 bits per heavy atom. The van der Waals surface area contributed by atoms with E-state index in [1.54, 1.807) is 17.0 Å². The fourth-order valence-electron chi connectivity index (χ4n) is 4.80. The van der Waals surface area contributed by atoms with Crippen LogP contribution in [-0.2, 0) is 20.9 Å². The van der Waals surface area contributed by atoms with Gasteiger partial charge in [0.25, 0.3) is 0 Å². The number of nitrogens with zero attached hydrogens (tertiary/aromatic N) is 2. The maximum atomic E-state index is 13.0. The molecule has 5 rings (SSSR count). The van der Waals surface area contributed by atoms with Crippen molar-refractivity contribution in [3.63, 3.8) is 0 Å². The Labute approximate surface area is 197 Å². The molecule has 9 nitrogen and oxygen atoms in total. The second-order valence-corrected chi connectivity index (χ2v) is 10.5. The molecule has 4 heterocycles. The van der Waals surface area contributed by atoms with Gasteiger partial charge in [0.05, 0.1) is 18.1 Å². The molecule has 1 aromatic heterocycles. The van der Waals surface area contributed by atoms with Crippen molar-refractivity contribution in [2.75, 3.05) is 20.2 Å². The van der Waals surface area contributed by atoms with E-state index in [1.165, 1.54) is 29.5 Å². The third-order valence-electron chi connectivity index (χ3n) is 6.45. The molecule has 2 fully saturated rings. The largest absolute Gasteiger partial charge is 0.504 e. The minimum absolute atomic E-state index is 0.0481. The number of benzene rings is 1. The number of methoxy groups -OCH3 is 1. The summed E-state index contributed by atoms with van der Waals surface area (Å²) in [7, 11) is 1.43. The Morgan fingerprint density at radius 2 is 1.94 bits per heavy atom. The zero-order valence-corrected chi connectivity index (χ0v) is 19.5. The van der Waals surface area contributed by atoms with Crippen molar-refractivity contribution in [1.82, 2.24) is 14.8 Å². The van der Waals surface area contributed by atoms with E-state index >= 15 is 0 Å². The Kier molecular flexibility index (Phi) is 5.69. The van der Waals surface area contributed by atoms with Crippen molar-refractivity contribution < 1.29 is 24.2 Å². The van der Waals surface area contributed by atoms with E-state index in [1.807, 2.05) is 0 Å². The van der Waals surface area contributed by atoms with Gasteiger partial charge in [0.1, 0.15) is 11.8 Å². The summed E-state index contributed by atoms with van der Waals surface area (Å²) in [6.07, 6.45) is 3.00. The molecule has 2 aromatic rings. The molecule has 2 unspecified atom stereocenters. The molecule has 0 bridgehead atoms. The van der Waals surface area contributed by atoms with Gasteiger partial charge in [0.2, 0.25) is 17.7 Å². The molecule has 3 amide bonds. The van der Waals surface area contributed by atoms with Crippen molar-refractivity contribution in [1.29, 1.82) is 0 Å². The van der Waals surface area contributed by atoms with Crippen LogP contribution in [0.5, 0.6) is 11.5 Å². The van der Waals surface area contributed by atoms with Gasteiger partial charge >= 0.3 is 4.87 Å². The highest BCUT2D eigenvalue weighted by Gasteiger charge is 2.53. The number of rotatable bonds is 4. The molecule has 33 heavy (non-hydrogen) atoms. The number of hydrogen-bond acceptors (Lipinski definition) is 8. The fraction of sp³-hybridized carbons (Fsp3) is 0.455. The van der Waals surface area contributed by atoms with Gasteiger partial charge in [-0.15, -0.1) is 0 Å². The second kappa shape index (κ2) is 8.53. The summed E-state index contributed by atoms with van der Waals surface area (Å²) in [6.45, 7) is 1.28. The van der Waals surface area contributed by atoms with Crippen LogP contribution in [0.4, 0.5) is 0 Å². The smallest absolute Gasteiger partial charge is 0.308 e. The van der Waals surface area contributed by atoms with Crippen LogP contribution in [0.1, 0.15) is 35.6 Å². The van der Waals surface area contributed by atoms with Gasteiger partial charge in [0.15, 0.2) is 11.5 Å². The number of aromatic hydroxyl groups is 1. The number of phenols is 1. The molecule has 0 radical (unpaired) electrons. The molecular weight excluding hydrogens is 466 g/mol. The molecule has 1 aromatic carbocycles. The first kappa shape index (κ1) is 22.0. The average Bonchev–Trinajstić information content (AvgIpc) is 3.28. The van der Waals surface area contributed by atoms with Crippen LogP contribution >= 0.6 is 23.1 Å². The van der Waals surface area contributed by atoms with Gasteiger partial charge in [-0.05, 0) is 37.0 Å². The Morgan fingerprint density at radius 3 is 2.67 bits per heavy atom. The first-order valence-electron chi connectivity index (χ1n) is 10.8. The molecule has 2 saturated heterocycles. The molecule has 0 spiro atoms. The monoisotopic (exact) mass is 489 g/mol. The fourth-order valence-corrected chi connectivity index (χ4v) is 7.54. The average molecular weight is 490 g/mol. The van der Waals surface area contributed by atoms with Crippen molar-refractivity contribution in [3.8, 4) is 11.5 Å². The van der Waals surface area contributed by atoms with E-state index < -0.39 is 28.9 Å². The summed E-state index contributed by atoms with van der Waals surface area (Å²) >= 11 is 2.18. The highest BCUT2D eigenvalue weighted by Crippen LogP contribution is 2.52. The van der Waals surface area contributed by atoms with Crippen LogP contribution in [-0.4, -0.2) is 57.7 Å². The van der Waals surface area contributed by atoms with Gasteiger partial charge < -0.3 is 14.7 Å². The summed E-state index contributed by atoms with van der Waals surface area (Å²) in [4.78, 5) is 53.4. The minimum atomic E-state index is -0.708. The SMILES string of the molecule is COc1cc([C@@H]2c3sc(=O)n(CC(=O)N4CCCCC4)c3SC3C(=O)NC(=O)C32)ccc1O. The molecule has 174 valence electrons. The van der Waals surface area contributed by atoms with Gasteiger partial charge in [-0.1, -0.05) is 29.2 Å². The maximum Gasteiger partial charge on any atom is 0.308 e. The Bertz CT molecular complexity index is 1200. The third-order valence-corrected chi connectivity index (χ3v) is 9.07. The molecule has 0 aliphatic carbocycles. The number of carbonyl (C=O) groups is 3. The lowest BCUT2D eigenvalue weighted by Crippen LogP contribution is -2.39. The Hall–Kier alpha value is -2.79. The molecule has 0 saturated carbocycles. The van der Waals surface area contributed by atoms with E-state index in [0.717, 1.165) is 30.6 Å². The predicted molar refractivity (Wildman–Crippen MR) is 122 cm³/mol. The summed E-state index contributed by atoms with van der Waals surface area (Å²) in [5.74, 6) is -1.99. The number of carbonyl (C=O) groups excluding carboxylic acids is 3. The topological polar surface area (TPSA) is 118 Å². The summed E-state index contributed by atoms with van der Waals surface area (Å²) in [5, 5.41) is 12.3. The van der Waals surface area contributed by atoms with Crippen molar-refractivity contribution in [3.05, 3.63) is 38.3 Å². The Balaban J connectivity index is 1.58. The van der Waals surface area contributed by atoms with E-state index in [9.17, 15) is 24.3 Å². The summed E-state index contributed by atoms with van der Waals surface area (Å²) in [5.41, 5.74) is 0.654. The number of thioether (sulfide) groups is 1. The number of ether oxygens (including phenoxy) is 1.